The molecule has 3 aromatic rings. The molecule has 0 aliphatic carbocycles. The van der Waals surface area contributed by atoms with E-state index in [-0.39, 0.29) is 94.7 Å². The molecule has 1 aromatic heterocycles. The van der Waals surface area contributed by atoms with Crippen molar-refractivity contribution in [2.24, 2.45) is 0 Å². The van der Waals surface area contributed by atoms with Crippen LogP contribution in [0.3, 0.4) is 0 Å². The number of fused-ring (bicyclic) bond motifs is 1. The van der Waals surface area contributed by atoms with E-state index in [4.69, 9.17) is 9.26 Å². The number of aromatic nitrogens is 5. The number of amides is 1. The first kappa shape index (κ1) is 37.8. The van der Waals surface area contributed by atoms with Gasteiger partial charge in [0.25, 0.3) is 5.91 Å². The first-order chi connectivity index (χ1) is 22.7. The van der Waals surface area contributed by atoms with Gasteiger partial charge in [0.2, 0.25) is 10.4 Å². The second kappa shape index (κ2) is 15.7. The largest absolute Gasteiger partial charge is 1.00 e. The van der Waals surface area contributed by atoms with Gasteiger partial charge in [-0.1, -0.05) is 18.1 Å². The fourth-order valence-electron chi connectivity index (χ4n) is 4.53. The van der Waals surface area contributed by atoms with E-state index < -0.39 is 52.3 Å². The van der Waals surface area contributed by atoms with Crippen LogP contribution in [0, 0.1) is 11.6 Å². The Balaban J connectivity index is 0.00000541. The van der Waals surface area contributed by atoms with Crippen molar-refractivity contribution in [1.82, 2.24) is 30.2 Å². The number of ether oxygens (including phenoxy) is 1. The molecule has 13 nitrogen and oxygen atoms in total. The summed E-state index contributed by atoms with van der Waals surface area (Å²) < 4.78 is 118. The van der Waals surface area contributed by atoms with Gasteiger partial charge in [0.1, 0.15) is 22.8 Å². The predicted molar refractivity (Wildman–Crippen MR) is 154 cm³/mol. The second-order valence-corrected chi connectivity index (χ2v) is 11.2. The van der Waals surface area contributed by atoms with Crippen LogP contribution < -0.4 is 39.6 Å². The minimum atomic E-state index is -4.96. The van der Waals surface area contributed by atoms with Gasteiger partial charge >= 0.3 is 35.7 Å². The van der Waals surface area contributed by atoms with E-state index in [1.54, 1.807) is 6.92 Å². The van der Waals surface area contributed by atoms with Crippen LogP contribution in [0.5, 0.6) is 5.75 Å². The van der Waals surface area contributed by atoms with Gasteiger partial charge < -0.3 is 19.1 Å². The average Bonchev–Trinajstić information content (AvgIpc) is 3.68. The SMILES string of the molecule is CCCOc1ccc(-c2cc(C(C(=O)NCCCOS(=O)(=O)[O-])n3cc4nc(-c5cccc(F)c5F)nc-4cn3)on2)c(C(F)(F)F)c1.[Na+]. The molecule has 20 heteroatoms. The molecule has 0 bridgehead atoms. The molecule has 2 aliphatic rings. The Morgan fingerprint density at radius 1 is 1.06 bits per heavy atom. The first-order valence-electron chi connectivity index (χ1n) is 14.1. The van der Waals surface area contributed by atoms with E-state index >= 15 is 0 Å². The first-order valence-corrected chi connectivity index (χ1v) is 15.4. The Labute approximate surface area is 297 Å². The van der Waals surface area contributed by atoms with E-state index in [0.717, 1.165) is 28.9 Å². The summed E-state index contributed by atoms with van der Waals surface area (Å²) in [6.45, 7) is 1.25. The van der Waals surface area contributed by atoms with Crippen LogP contribution in [-0.2, 0) is 25.6 Å². The Morgan fingerprint density at radius 3 is 2.53 bits per heavy atom. The summed E-state index contributed by atoms with van der Waals surface area (Å²) in [6, 6.07) is 6.33. The minimum Gasteiger partial charge on any atom is -0.726 e. The van der Waals surface area contributed by atoms with E-state index in [9.17, 15) is 39.7 Å². The van der Waals surface area contributed by atoms with Gasteiger partial charge in [-0.15, -0.1) is 0 Å². The van der Waals surface area contributed by atoms with Crippen LogP contribution >= 0.6 is 0 Å². The molecule has 2 aromatic carbocycles. The van der Waals surface area contributed by atoms with Gasteiger partial charge in [0.15, 0.2) is 29.3 Å². The van der Waals surface area contributed by atoms with Crippen molar-refractivity contribution in [3.63, 3.8) is 0 Å². The zero-order valence-corrected chi connectivity index (χ0v) is 28.5. The fraction of sp³-hybridized carbons (Fsp3) is 0.276. The van der Waals surface area contributed by atoms with Gasteiger partial charge in [0.05, 0.1) is 36.7 Å². The molecule has 5 rings (SSSR count). The molecule has 1 amide bonds. The minimum absolute atomic E-state index is 0. The molecule has 0 saturated carbocycles. The molecular weight excluding hydrogens is 694 g/mol. The van der Waals surface area contributed by atoms with Crippen molar-refractivity contribution in [2.45, 2.75) is 32.0 Å². The number of imidazole rings is 1. The van der Waals surface area contributed by atoms with Gasteiger partial charge in [0, 0.05) is 18.2 Å². The van der Waals surface area contributed by atoms with Crippen LogP contribution in [0.4, 0.5) is 22.0 Å². The van der Waals surface area contributed by atoms with Crippen molar-refractivity contribution in [3.8, 4) is 39.8 Å². The summed E-state index contributed by atoms with van der Waals surface area (Å²) in [5, 5.41) is 10.4. The molecule has 1 N–H and O–H groups in total. The molecule has 1 atom stereocenters. The number of benzene rings is 2. The second-order valence-electron chi connectivity index (χ2n) is 10.1. The third-order valence-corrected chi connectivity index (χ3v) is 7.13. The molecule has 1 unspecified atom stereocenters. The number of nitrogens with zero attached hydrogens (tertiary/aromatic N) is 5. The number of alkyl halides is 3. The summed E-state index contributed by atoms with van der Waals surface area (Å²) in [7, 11) is -4.96. The predicted octanol–water partition coefficient (Wildman–Crippen LogP) is 1.76. The van der Waals surface area contributed by atoms with Crippen molar-refractivity contribution >= 4 is 16.3 Å². The third kappa shape index (κ3) is 9.17. The topological polar surface area (TPSA) is 174 Å². The summed E-state index contributed by atoms with van der Waals surface area (Å²) in [4.78, 5) is 21.8. The Morgan fingerprint density at radius 2 is 1.82 bits per heavy atom. The van der Waals surface area contributed by atoms with E-state index in [0.29, 0.717) is 6.42 Å². The average molecular weight is 719 g/mol. The molecule has 0 saturated heterocycles. The summed E-state index contributed by atoms with van der Waals surface area (Å²) in [5.74, 6) is -3.60. The van der Waals surface area contributed by atoms with Crippen molar-refractivity contribution in [3.05, 3.63) is 77.8 Å². The van der Waals surface area contributed by atoms with Crippen molar-refractivity contribution < 1.29 is 82.7 Å². The number of nitrogens with one attached hydrogen (secondary N) is 1. The van der Waals surface area contributed by atoms with E-state index in [1.165, 1.54) is 30.6 Å². The zero-order valence-electron chi connectivity index (χ0n) is 25.7. The zero-order chi connectivity index (χ0) is 34.6. The molecule has 0 spiro atoms. The third-order valence-electron chi connectivity index (χ3n) is 6.68. The molecule has 2 aliphatic heterocycles. The Kier molecular flexibility index (Phi) is 12.1. The molecule has 254 valence electrons. The summed E-state index contributed by atoms with van der Waals surface area (Å²) >= 11 is 0. The summed E-state index contributed by atoms with van der Waals surface area (Å²) in [5.41, 5.74) is -1.73. The molecule has 0 radical (unpaired) electrons. The summed E-state index contributed by atoms with van der Waals surface area (Å²) in [6.07, 6.45) is -1.96. The standard InChI is InChI=1S/C29H25F5N6O7S.Na/c1-2-10-45-16-7-8-17(19(12-16)29(32,33)34)21-13-24(47-39-21)26(28(41)35-9-4-11-46-48(42,43)44)40-15-23-22(14-36-40)37-27(38-23)18-5-3-6-20(30)25(18)31;/h3,5-8,12-15,26H,2,4,9-11H2,1H3,(H,35,41)(H,42,43,44);/q;+1/p-1. The Hall–Kier alpha value is -4.01. The number of hydrogen-bond donors (Lipinski definition) is 1. The van der Waals surface area contributed by atoms with E-state index in [1.807, 2.05) is 0 Å². The van der Waals surface area contributed by atoms with Crippen LogP contribution in [0.25, 0.3) is 34.0 Å². The van der Waals surface area contributed by atoms with Crippen LogP contribution in [0.1, 0.15) is 37.1 Å². The van der Waals surface area contributed by atoms with E-state index in [2.05, 4.69) is 29.7 Å². The van der Waals surface area contributed by atoms with Crippen molar-refractivity contribution in [1.29, 1.82) is 0 Å². The molecule has 0 fully saturated rings. The van der Waals surface area contributed by atoms with Gasteiger partial charge in [-0.2, -0.15) is 18.3 Å². The Bertz CT molecular complexity index is 2010. The van der Waals surface area contributed by atoms with Crippen LogP contribution in [-0.4, -0.2) is 63.5 Å². The maximum atomic E-state index is 14.4. The fourth-order valence-corrected chi connectivity index (χ4v) is 4.86. The number of rotatable bonds is 13. The smallest absolute Gasteiger partial charge is 0.726 e. The number of carbonyl (C=O) groups excluding carboxylic acids is 1. The molecule has 3 heterocycles. The van der Waals surface area contributed by atoms with Crippen LogP contribution in [0.15, 0.2) is 59.4 Å². The molecular formula is C29H24F5N6NaO7S. The van der Waals surface area contributed by atoms with Gasteiger partial charge in [-0.3, -0.25) is 13.7 Å². The normalized spacial score (nSPS) is 12.5. The maximum Gasteiger partial charge on any atom is 1.00 e. The number of hydrogen-bond acceptors (Lipinski definition) is 11. The van der Waals surface area contributed by atoms with Gasteiger partial charge in [-0.25, -0.2) is 27.2 Å². The monoisotopic (exact) mass is 718 g/mol. The molecule has 49 heavy (non-hydrogen) atoms. The quantitative estimate of drug-likeness (QED) is 0.0618. The van der Waals surface area contributed by atoms with Crippen molar-refractivity contribution in [2.75, 3.05) is 19.8 Å². The maximum absolute atomic E-state index is 14.4. The number of halogens is 5. The van der Waals surface area contributed by atoms with Crippen LogP contribution in [0.2, 0.25) is 0 Å². The van der Waals surface area contributed by atoms with Gasteiger partial charge in [-0.05, 0) is 43.2 Å². The number of carbonyl (C=O) groups is 1.